The van der Waals surface area contributed by atoms with E-state index in [2.05, 4.69) is 52.2 Å². The Morgan fingerprint density at radius 3 is 2.75 bits per heavy atom. The fraction of sp³-hybridized carbons (Fsp3) is 0.429. The molecule has 0 saturated heterocycles. The molecule has 0 amide bonds. The monoisotopic (exact) mass is 341 g/mol. The van der Waals surface area contributed by atoms with Crippen LogP contribution in [0.1, 0.15) is 26.7 Å². The van der Waals surface area contributed by atoms with Crippen molar-refractivity contribution in [2.24, 2.45) is 0 Å². The third kappa shape index (κ3) is 3.86. The van der Waals surface area contributed by atoms with Gasteiger partial charge in [-0.2, -0.15) is 0 Å². The predicted molar refractivity (Wildman–Crippen MR) is 78.9 cm³/mol. The molecular weight excluding hydrogens is 325 g/mol. The molecule has 1 N–H and O–H groups in total. The van der Waals surface area contributed by atoms with Crippen LogP contribution in [0.15, 0.2) is 27.1 Å². The maximum atomic E-state index is 13.5. The minimum Gasteiger partial charge on any atom is -0.421 e. The van der Waals surface area contributed by atoms with E-state index in [0.29, 0.717) is 28.2 Å². The van der Waals surface area contributed by atoms with Crippen molar-refractivity contribution >= 4 is 15.9 Å². The van der Waals surface area contributed by atoms with Crippen molar-refractivity contribution in [1.82, 2.24) is 15.5 Å². The summed E-state index contributed by atoms with van der Waals surface area (Å²) < 4.78 is 19.4. The first kappa shape index (κ1) is 15.1. The van der Waals surface area contributed by atoms with Crippen LogP contribution in [0.2, 0.25) is 0 Å². The molecular formula is C14H17BrFN3O. The van der Waals surface area contributed by atoms with Gasteiger partial charge >= 0.3 is 0 Å². The molecule has 4 nitrogen and oxygen atoms in total. The van der Waals surface area contributed by atoms with Crippen LogP contribution in [0.3, 0.4) is 0 Å². The molecule has 1 aromatic carbocycles. The van der Waals surface area contributed by atoms with Crippen LogP contribution in [0.4, 0.5) is 4.39 Å². The van der Waals surface area contributed by atoms with Crippen molar-refractivity contribution in [2.45, 2.75) is 32.7 Å². The second-order valence-electron chi connectivity index (χ2n) is 5.53. The Balaban J connectivity index is 2.07. The van der Waals surface area contributed by atoms with Crippen LogP contribution in [-0.2, 0) is 6.42 Å². The highest BCUT2D eigenvalue weighted by atomic mass is 79.9. The number of benzene rings is 1. The molecule has 0 bridgehead atoms. The molecule has 0 aliphatic carbocycles. The largest absolute Gasteiger partial charge is 0.421 e. The van der Waals surface area contributed by atoms with E-state index in [0.717, 1.165) is 6.54 Å². The van der Waals surface area contributed by atoms with Gasteiger partial charge in [0.2, 0.25) is 11.8 Å². The average Bonchev–Trinajstić information content (AvgIpc) is 2.79. The Bertz CT molecular complexity index is 592. The average molecular weight is 342 g/mol. The van der Waals surface area contributed by atoms with Crippen molar-refractivity contribution in [3.05, 3.63) is 34.4 Å². The summed E-state index contributed by atoms with van der Waals surface area (Å²) >= 11 is 3.19. The normalized spacial score (nSPS) is 11.8. The van der Waals surface area contributed by atoms with Gasteiger partial charge in [-0.05, 0) is 48.8 Å². The van der Waals surface area contributed by atoms with Crippen LogP contribution in [0, 0.1) is 5.82 Å². The Morgan fingerprint density at radius 2 is 2.05 bits per heavy atom. The number of hydrogen-bond acceptors (Lipinski definition) is 4. The summed E-state index contributed by atoms with van der Waals surface area (Å²) in [5.41, 5.74) is 0.613. The van der Waals surface area contributed by atoms with E-state index in [-0.39, 0.29) is 11.4 Å². The van der Waals surface area contributed by atoms with E-state index in [1.165, 1.54) is 6.07 Å². The number of nitrogens with zero attached hydrogens (tertiary/aromatic N) is 2. The third-order valence-electron chi connectivity index (χ3n) is 2.64. The van der Waals surface area contributed by atoms with Gasteiger partial charge in [-0.15, -0.1) is 10.2 Å². The lowest BCUT2D eigenvalue weighted by Gasteiger charge is -2.19. The van der Waals surface area contributed by atoms with E-state index in [1.807, 2.05) is 0 Å². The fourth-order valence-electron chi connectivity index (χ4n) is 1.68. The van der Waals surface area contributed by atoms with Gasteiger partial charge in [0, 0.05) is 18.5 Å². The number of hydrogen-bond donors (Lipinski definition) is 1. The summed E-state index contributed by atoms with van der Waals surface area (Å²) in [5.74, 6) is 0.506. The minimum atomic E-state index is -0.350. The Hall–Kier alpha value is -1.27. The molecule has 0 fully saturated rings. The SMILES string of the molecule is CC(C)(C)NCCc1nnc(-c2cccc(F)c2Br)o1. The number of aromatic nitrogens is 2. The van der Waals surface area contributed by atoms with E-state index in [1.54, 1.807) is 12.1 Å². The highest BCUT2D eigenvalue weighted by Crippen LogP contribution is 2.29. The van der Waals surface area contributed by atoms with Crippen LogP contribution in [-0.4, -0.2) is 22.3 Å². The molecule has 0 radical (unpaired) electrons. The van der Waals surface area contributed by atoms with E-state index < -0.39 is 0 Å². The predicted octanol–water partition coefficient (Wildman–Crippen LogP) is 3.57. The zero-order valence-electron chi connectivity index (χ0n) is 11.7. The Kier molecular flexibility index (Phi) is 4.55. The molecule has 0 atom stereocenters. The molecule has 2 rings (SSSR count). The smallest absolute Gasteiger partial charge is 0.248 e. The van der Waals surface area contributed by atoms with Gasteiger partial charge in [-0.25, -0.2) is 4.39 Å². The summed E-state index contributed by atoms with van der Waals surface area (Å²) in [7, 11) is 0. The topological polar surface area (TPSA) is 51.0 Å². The van der Waals surface area contributed by atoms with E-state index in [4.69, 9.17) is 4.42 Å². The molecule has 0 unspecified atom stereocenters. The molecule has 1 heterocycles. The number of rotatable bonds is 4. The van der Waals surface area contributed by atoms with Crippen LogP contribution >= 0.6 is 15.9 Å². The molecule has 0 saturated carbocycles. The molecule has 1 aromatic heterocycles. The first-order chi connectivity index (χ1) is 9.37. The molecule has 0 aliphatic rings. The second kappa shape index (κ2) is 6.01. The van der Waals surface area contributed by atoms with Crippen LogP contribution < -0.4 is 5.32 Å². The highest BCUT2D eigenvalue weighted by Gasteiger charge is 2.15. The summed E-state index contributed by atoms with van der Waals surface area (Å²) in [4.78, 5) is 0. The zero-order valence-corrected chi connectivity index (χ0v) is 13.3. The molecule has 20 heavy (non-hydrogen) atoms. The summed E-state index contributed by atoms with van der Waals surface area (Å²) in [6, 6.07) is 4.72. The second-order valence-corrected chi connectivity index (χ2v) is 6.32. The lowest BCUT2D eigenvalue weighted by atomic mass is 10.1. The van der Waals surface area contributed by atoms with Gasteiger partial charge in [0.25, 0.3) is 0 Å². The molecule has 0 aliphatic heterocycles. The first-order valence-corrected chi connectivity index (χ1v) is 7.18. The minimum absolute atomic E-state index is 0.0500. The standard InChI is InChI=1S/C14H17BrFN3O/c1-14(2,3)17-8-7-11-18-19-13(20-11)9-5-4-6-10(16)12(9)15/h4-6,17H,7-8H2,1-3H3. The molecule has 6 heteroatoms. The first-order valence-electron chi connectivity index (χ1n) is 6.38. The van der Waals surface area contributed by atoms with Crippen LogP contribution in [0.25, 0.3) is 11.5 Å². The van der Waals surface area contributed by atoms with Crippen molar-refractivity contribution in [2.75, 3.05) is 6.54 Å². The van der Waals surface area contributed by atoms with Crippen molar-refractivity contribution in [3.63, 3.8) is 0 Å². The molecule has 108 valence electrons. The summed E-state index contributed by atoms with van der Waals surface area (Å²) in [6.07, 6.45) is 0.636. The van der Waals surface area contributed by atoms with Crippen molar-refractivity contribution in [1.29, 1.82) is 0 Å². The van der Waals surface area contributed by atoms with Gasteiger partial charge in [0.15, 0.2) is 0 Å². The zero-order chi connectivity index (χ0) is 14.8. The van der Waals surface area contributed by atoms with Crippen LogP contribution in [0.5, 0.6) is 0 Å². The lowest BCUT2D eigenvalue weighted by Crippen LogP contribution is -2.37. The van der Waals surface area contributed by atoms with Crippen molar-refractivity contribution in [3.8, 4) is 11.5 Å². The lowest BCUT2D eigenvalue weighted by molar-refractivity contribution is 0.411. The maximum absolute atomic E-state index is 13.5. The molecule has 2 aromatic rings. The summed E-state index contributed by atoms with van der Waals surface area (Å²) in [6.45, 7) is 7.03. The van der Waals surface area contributed by atoms with Gasteiger partial charge in [-0.3, -0.25) is 0 Å². The van der Waals surface area contributed by atoms with Gasteiger partial charge in [0.1, 0.15) is 5.82 Å². The Labute approximate surface area is 125 Å². The van der Waals surface area contributed by atoms with Gasteiger partial charge in [0.05, 0.1) is 10.0 Å². The van der Waals surface area contributed by atoms with E-state index >= 15 is 0 Å². The molecule has 0 spiro atoms. The Morgan fingerprint density at radius 1 is 1.30 bits per heavy atom. The van der Waals surface area contributed by atoms with E-state index in [9.17, 15) is 4.39 Å². The number of nitrogens with one attached hydrogen (secondary N) is 1. The highest BCUT2D eigenvalue weighted by molar-refractivity contribution is 9.10. The summed E-state index contributed by atoms with van der Waals surface area (Å²) in [5, 5.41) is 11.3. The third-order valence-corrected chi connectivity index (χ3v) is 3.45. The quantitative estimate of drug-likeness (QED) is 0.923. The van der Waals surface area contributed by atoms with Gasteiger partial charge < -0.3 is 9.73 Å². The van der Waals surface area contributed by atoms with Crippen molar-refractivity contribution < 1.29 is 8.81 Å². The number of halogens is 2. The fourth-order valence-corrected chi connectivity index (χ4v) is 2.11. The van der Waals surface area contributed by atoms with Gasteiger partial charge in [-0.1, -0.05) is 6.07 Å². The maximum Gasteiger partial charge on any atom is 0.248 e.